The van der Waals surface area contributed by atoms with Crippen molar-refractivity contribution in [3.05, 3.63) is 59.4 Å². The molecule has 1 aromatic carbocycles. The topological polar surface area (TPSA) is 54.0 Å². The van der Waals surface area contributed by atoms with Crippen LogP contribution in [0.25, 0.3) is 0 Å². The number of hydrogen-bond donors (Lipinski definition) is 2. The van der Waals surface area contributed by atoms with Crippen molar-refractivity contribution in [2.45, 2.75) is 25.9 Å². The number of amides is 1. The maximum atomic E-state index is 12.3. The number of benzene rings is 1. The second-order valence-electron chi connectivity index (χ2n) is 5.15. The lowest BCUT2D eigenvalue weighted by Gasteiger charge is -2.25. The summed E-state index contributed by atoms with van der Waals surface area (Å²) in [6, 6.07) is 9.96. The van der Waals surface area contributed by atoms with Gasteiger partial charge in [-0.25, -0.2) is 0 Å². The van der Waals surface area contributed by atoms with Gasteiger partial charge < -0.3 is 10.6 Å². The number of anilines is 1. The van der Waals surface area contributed by atoms with Gasteiger partial charge in [0.15, 0.2) is 0 Å². The molecular weight excluding hydrogens is 250 g/mol. The molecule has 4 nitrogen and oxygen atoms in total. The van der Waals surface area contributed by atoms with Crippen molar-refractivity contribution in [3.63, 3.8) is 0 Å². The lowest BCUT2D eigenvalue weighted by Crippen LogP contribution is -2.44. The first-order valence-corrected chi connectivity index (χ1v) is 6.75. The van der Waals surface area contributed by atoms with Gasteiger partial charge in [0.05, 0.1) is 17.9 Å². The standard InChI is InChI=1S/C16H17N3O/c1-11-6-14(10-17-8-11)19-16(20)15-7-12-4-2-3-5-13(12)9-18-15/h2-6,8,10,15,18H,7,9H2,1H3,(H,19,20). The number of fused-ring (bicyclic) bond motifs is 1. The first-order chi connectivity index (χ1) is 9.72. The molecule has 1 aliphatic rings. The molecule has 0 fully saturated rings. The van der Waals surface area contributed by atoms with Gasteiger partial charge >= 0.3 is 0 Å². The number of hydrogen-bond acceptors (Lipinski definition) is 3. The van der Waals surface area contributed by atoms with Gasteiger partial charge in [0.2, 0.25) is 5.91 Å². The van der Waals surface area contributed by atoms with Gasteiger partial charge in [-0.2, -0.15) is 0 Å². The second kappa shape index (κ2) is 5.43. The van der Waals surface area contributed by atoms with Crippen LogP contribution in [0.4, 0.5) is 5.69 Å². The molecule has 1 unspecified atom stereocenters. The van der Waals surface area contributed by atoms with Crippen LogP contribution in [0.5, 0.6) is 0 Å². The monoisotopic (exact) mass is 267 g/mol. The van der Waals surface area contributed by atoms with Gasteiger partial charge in [0.25, 0.3) is 0 Å². The molecular formula is C16H17N3O. The summed E-state index contributed by atoms with van der Waals surface area (Å²) in [6.07, 6.45) is 4.16. The Kier molecular flexibility index (Phi) is 3.48. The quantitative estimate of drug-likeness (QED) is 0.875. The molecule has 2 heterocycles. The van der Waals surface area contributed by atoms with Crippen LogP contribution in [0.15, 0.2) is 42.7 Å². The lowest BCUT2D eigenvalue weighted by molar-refractivity contribution is -0.118. The highest BCUT2D eigenvalue weighted by molar-refractivity contribution is 5.95. The largest absolute Gasteiger partial charge is 0.323 e. The van der Waals surface area contributed by atoms with E-state index in [4.69, 9.17) is 0 Å². The van der Waals surface area contributed by atoms with Crippen LogP contribution in [0.1, 0.15) is 16.7 Å². The maximum absolute atomic E-state index is 12.3. The highest BCUT2D eigenvalue weighted by Gasteiger charge is 2.23. The lowest BCUT2D eigenvalue weighted by atomic mass is 9.95. The predicted molar refractivity (Wildman–Crippen MR) is 78.4 cm³/mol. The van der Waals surface area contributed by atoms with E-state index in [0.29, 0.717) is 0 Å². The zero-order chi connectivity index (χ0) is 13.9. The molecule has 1 aromatic heterocycles. The Balaban J connectivity index is 1.70. The van der Waals surface area contributed by atoms with Crippen molar-refractivity contribution in [2.75, 3.05) is 5.32 Å². The van der Waals surface area contributed by atoms with Gasteiger partial charge in [0, 0.05) is 12.7 Å². The molecule has 2 aromatic rings. The summed E-state index contributed by atoms with van der Waals surface area (Å²) in [5.74, 6) is -0.00750. The summed E-state index contributed by atoms with van der Waals surface area (Å²) < 4.78 is 0. The highest BCUT2D eigenvalue weighted by atomic mass is 16.2. The third kappa shape index (κ3) is 2.70. The zero-order valence-corrected chi connectivity index (χ0v) is 11.4. The number of nitrogens with zero attached hydrogens (tertiary/aromatic N) is 1. The summed E-state index contributed by atoms with van der Waals surface area (Å²) in [5, 5.41) is 6.20. The number of nitrogens with one attached hydrogen (secondary N) is 2. The Morgan fingerprint density at radius 2 is 2.10 bits per heavy atom. The van der Waals surface area contributed by atoms with Crippen LogP contribution < -0.4 is 10.6 Å². The SMILES string of the molecule is Cc1cncc(NC(=O)C2Cc3ccccc3CN2)c1. The zero-order valence-electron chi connectivity index (χ0n) is 11.4. The molecule has 0 aliphatic carbocycles. The van der Waals surface area contributed by atoms with Crippen molar-refractivity contribution in [1.82, 2.24) is 10.3 Å². The fourth-order valence-electron chi connectivity index (χ4n) is 2.49. The minimum absolute atomic E-state index is 0.00750. The molecule has 0 bridgehead atoms. The number of aromatic nitrogens is 1. The molecule has 3 rings (SSSR count). The van der Waals surface area contributed by atoms with Gasteiger partial charge in [0.1, 0.15) is 0 Å². The minimum Gasteiger partial charge on any atom is -0.323 e. The molecule has 0 spiro atoms. The minimum atomic E-state index is -0.189. The Bertz CT molecular complexity index is 639. The molecule has 102 valence electrons. The molecule has 1 amide bonds. The molecule has 4 heteroatoms. The second-order valence-corrected chi connectivity index (χ2v) is 5.15. The molecule has 0 radical (unpaired) electrons. The summed E-state index contributed by atoms with van der Waals surface area (Å²) in [4.78, 5) is 16.4. The van der Waals surface area contributed by atoms with Crippen LogP contribution in [0, 0.1) is 6.92 Å². The molecule has 0 saturated heterocycles. The summed E-state index contributed by atoms with van der Waals surface area (Å²) in [7, 11) is 0. The third-order valence-corrected chi connectivity index (χ3v) is 3.54. The van der Waals surface area contributed by atoms with Crippen molar-refractivity contribution in [1.29, 1.82) is 0 Å². The number of aryl methyl sites for hydroxylation is 1. The fourth-order valence-corrected chi connectivity index (χ4v) is 2.49. The molecule has 2 N–H and O–H groups in total. The number of rotatable bonds is 2. The van der Waals surface area contributed by atoms with Crippen molar-refractivity contribution in [2.24, 2.45) is 0 Å². The Hall–Kier alpha value is -2.20. The van der Waals surface area contributed by atoms with E-state index in [0.717, 1.165) is 24.2 Å². The van der Waals surface area contributed by atoms with Crippen molar-refractivity contribution >= 4 is 11.6 Å². The fraction of sp³-hybridized carbons (Fsp3) is 0.250. The van der Waals surface area contributed by atoms with E-state index in [9.17, 15) is 4.79 Å². The molecule has 1 aliphatic heterocycles. The Morgan fingerprint density at radius 1 is 1.30 bits per heavy atom. The van der Waals surface area contributed by atoms with Crippen LogP contribution in [0.2, 0.25) is 0 Å². The van der Waals surface area contributed by atoms with Crippen LogP contribution in [-0.4, -0.2) is 16.9 Å². The Morgan fingerprint density at radius 3 is 2.90 bits per heavy atom. The number of carbonyl (C=O) groups excluding carboxylic acids is 1. The normalized spacial score (nSPS) is 17.4. The average molecular weight is 267 g/mol. The van der Waals surface area contributed by atoms with Crippen LogP contribution in [0.3, 0.4) is 0 Å². The van der Waals surface area contributed by atoms with Gasteiger partial charge in [-0.05, 0) is 36.1 Å². The van der Waals surface area contributed by atoms with Gasteiger partial charge in [-0.1, -0.05) is 24.3 Å². The smallest absolute Gasteiger partial charge is 0.241 e. The Labute approximate surface area is 118 Å². The predicted octanol–water partition coefficient (Wildman–Crippen LogP) is 2.04. The van der Waals surface area contributed by atoms with E-state index in [1.165, 1.54) is 11.1 Å². The molecule has 20 heavy (non-hydrogen) atoms. The maximum Gasteiger partial charge on any atom is 0.241 e. The van der Waals surface area contributed by atoms with E-state index in [1.54, 1.807) is 12.4 Å². The van der Waals surface area contributed by atoms with Gasteiger partial charge in [-0.3, -0.25) is 9.78 Å². The van der Waals surface area contributed by atoms with E-state index >= 15 is 0 Å². The summed E-state index contributed by atoms with van der Waals surface area (Å²) >= 11 is 0. The van der Waals surface area contributed by atoms with E-state index < -0.39 is 0 Å². The number of pyridine rings is 1. The molecule has 0 saturated carbocycles. The van der Waals surface area contributed by atoms with Crippen molar-refractivity contribution < 1.29 is 4.79 Å². The summed E-state index contributed by atoms with van der Waals surface area (Å²) in [6.45, 7) is 2.69. The van der Waals surface area contributed by atoms with Crippen LogP contribution in [-0.2, 0) is 17.8 Å². The van der Waals surface area contributed by atoms with Crippen LogP contribution >= 0.6 is 0 Å². The van der Waals surface area contributed by atoms with E-state index in [2.05, 4.69) is 27.8 Å². The van der Waals surface area contributed by atoms with E-state index in [-0.39, 0.29) is 11.9 Å². The van der Waals surface area contributed by atoms with Gasteiger partial charge in [-0.15, -0.1) is 0 Å². The highest BCUT2D eigenvalue weighted by Crippen LogP contribution is 2.17. The first kappa shape index (κ1) is 12.8. The number of carbonyl (C=O) groups is 1. The first-order valence-electron chi connectivity index (χ1n) is 6.75. The molecule has 1 atom stereocenters. The van der Waals surface area contributed by atoms with E-state index in [1.807, 2.05) is 25.1 Å². The average Bonchev–Trinajstić information content (AvgIpc) is 2.47. The van der Waals surface area contributed by atoms with Crippen molar-refractivity contribution in [3.8, 4) is 0 Å². The summed E-state index contributed by atoms with van der Waals surface area (Å²) in [5.41, 5.74) is 4.29. The third-order valence-electron chi connectivity index (χ3n) is 3.54.